The molecule has 0 unspecified atom stereocenters. The first-order valence-corrected chi connectivity index (χ1v) is 20.2. The van der Waals surface area contributed by atoms with Crippen molar-refractivity contribution in [3.63, 3.8) is 0 Å². The second kappa shape index (κ2) is 15.2. The highest BCUT2D eigenvalue weighted by Crippen LogP contribution is 2.50. The molecule has 0 fully saturated rings. The van der Waals surface area contributed by atoms with Gasteiger partial charge in [0.05, 0.1) is 71.9 Å². The molecule has 0 spiro atoms. The summed E-state index contributed by atoms with van der Waals surface area (Å²) in [5.41, 5.74) is 7.50. The first-order valence-electron chi connectivity index (χ1n) is 20.2. The normalized spacial score (nSPS) is 11.3. The van der Waals surface area contributed by atoms with Crippen molar-refractivity contribution in [2.45, 2.75) is 13.1 Å². The highest BCUT2D eigenvalue weighted by molar-refractivity contribution is 6.14. The van der Waals surface area contributed by atoms with E-state index in [1.807, 2.05) is 94.1 Å². The molecule has 0 saturated carbocycles. The lowest BCUT2D eigenvalue weighted by Crippen LogP contribution is -2.10. The average molecular weight is 844 g/mol. The van der Waals surface area contributed by atoms with E-state index in [1.54, 1.807) is 61.5 Å². The standard InChI is InChI=1S/C55H28F3N7/c1-32-12-11-15-44(55(56,57)58)52(32)41-24-27-51(64-47-16-9-7-13-39(47)42-28-33(18-25-49(42)64)37-22-20-35(59-2)30-45(37)61-4)53(63-6)54(41)65-48-17-10-8-14-40(48)43-29-34(19-26-50(43)65)38-23-21-36(60-3)31-46(38)62-5/h7-31H,1H3. The zero-order valence-electron chi connectivity index (χ0n) is 34.2. The number of fused-ring (bicyclic) bond motifs is 6. The molecule has 0 bridgehead atoms. The van der Waals surface area contributed by atoms with Gasteiger partial charge in [0.25, 0.3) is 0 Å². The molecule has 2 aromatic heterocycles. The van der Waals surface area contributed by atoms with Crippen LogP contribution in [0, 0.1) is 39.8 Å². The summed E-state index contributed by atoms with van der Waals surface area (Å²) in [7, 11) is 0. The summed E-state index contributed by atoms with van der Waals surface area (Å²) in [6.07, 6.45) is -4.72. The quantitative estimate of drug-likeness (QED) is 0.155. The third-order valence-electron chi connectivity index (χ3n) is 12.0. The van der Waals surface area contributed by atoms with Gasteiger partial charge in [-0.25, -0.2) is 24.2 Å². The number of hydrogen-bond acceptors (Lipinski definition) is 0. The second-order valence-electron chi connectivity index (χ2n) is 15.5. The van der Waals surface area contributed by atoms with Gasteiger partial charge in [-0.1, -0.05) is 103 Å². The Hall–Kier alpha value is -9.40. The fraction of sp³-hybridized carbons (Fsp3) is 0.0364. The summed E-state index contributed by atoms with van der Waals surface area (Å²) in [4.78, 5) is 18.7. The Morgan fingerprint density at radius 1 is 0.446 bits per heavy atom. The maximum absolute atomic E-state index is 15.1. The Morgan fingerprint density at radius 2 is 0.954 bits per heavy atom. The monoisotopic (exact) mass is 843 g/mol. The average Bonchev–Trinajstić information content (AvgIpc) is 3.84. The van der Waals surface area contributed by atoms with E-state index in [2.05, 4.69) is 24.2 Å². The Morgan fingerprint density at radius 3 is 1.48 bits per heavy atom. The van der Waals surface area contributed by atoms with Crippen LogP contribution in [0.3, 0.4) is 0 Å². The summed E-state index contributed by atoms with van der Waals surface area (Å²) < 4.78 is 49.3. The molecule has 0 N–H and O–H groups in total. The fourth-order valence-electron chi connectivity index (χ4n) is 9.18. The van der Waals surface area contributed by atoms with Crippen LogP contribution in [0.25, 0.3) is 113 Å². The van der Waals surface area contributed by atoms with E-state index in [4.69, 9.17) is 32.9 Å². The third-order valence-corrected chi connectivity index (χ3v) is 12.0. The molecule has 0 aliphatic heterocycles. The highest BCUT2D eigenvalue weighted by Gasteiger charge is 2.36. The second-order valence-corrected chi connectivity index (χ2v) is 15.5. The number of nitrogens with zero attached hydrogens (tertiary/aromatic N) is 7. The summed E-state index contributed by atoms with van der Waals surface area (Å²) in [5, 5.41) is 3.23. The minimum Gasteiger partial charge on any atom is -0.319 e. The van der Waals surface area contributed by atoms with E-state index in [1.165, 1.54) is 6.07 Å². The number of hydrogen-bond donors (Lipinski definition) is 0. The molecule has 0 atom stereocenters. The molecule has 65 heavy (non-hydrogen) atoms. The van der Waals surface area contributed by atoms with Gasteiger partial charge in [0.1, 0.15) is 0 Å². The molecule has 10 heteroatoms. The van der Waals surface area contributed by atoms with Crippen LogP contribution in [0.1, 0.15) is 11.1 Å². The molecule has 0 amide bonds. The maximum atomic E-state index is 15.1. The predicted molar refractivity (Wildman–Crippen MR) is 252 cm³/mol. The Bertz CT molecular complexity index is 3910. The van der Waals surface area contributed by atoms with Gasteiger partial charge < -0.3 is 9.13 Å². The van der Waals surface area contributed by atoms with Crippen molar-refractivity contribution in [3.8, 4) is 44.8 Å². The van der Waals surface area contributed by atoms with Crippen LogP contribution in [0.2, 0.25) is 0 Å². The van der Waals surface area contributed by atoms with E-state index in [0.29, 0.717) is 56.2 Å². The molecular weight excluding hydrogens is 816 g/mol. The lowest BCUT2D eigenvalue weighted by atomic mass is 9.92. The minimum absolute atomic E-state index is 0.0395. The van der Waals surface area contributed by atoms with E-state index >= 15 is 13.2 Å². The zero-order chi connectivity index (χ0) is 45.1. The lowest BCUT2D eigenvalue weighted by Gasteiger charge is -2.23. The Kier molecular flexibility index (Phi) is 9.29. The topological polar surface area (TPSA) is 31.7 Å². The van der Waals surface area contributed by atoms with Crippen molar-refractivity contribution < 1.29 is 13.2 Å². The summed E-state index contributed by atoms with van der Waals surface area (Å²) in [5.74, 6) is 0. The number of para-hydroxylation sites is 2. The van der Waals surface area contributed by atoms with E-state index in [9.17, 15) is 0 Å². The van der Waals surface area contributed by atoms with E-state index in [-0.39, 0.29) is 22.5 Å². The number of aromatic nitrogens is 2. The number of aryl methyl sites for hydroxylation is 1. The zero-order valence-corrected chi connectivity index (χ0v) is 34.2. The molecular formula is C55H28F3N7. The van der Waals surface area contributed by atoms with Crippen LogP contribution in [0.5, 0.6) is 0 Å². The summed E-state index contributed by atoms with van der Waals surface area (Å²) >= 11 is 0. The fourth-order valence-corrected chi connectivity index (χ4v) is 9.18. The molecule has 0 saturated heterocycles. The van der Waals surface area contributed by atoms with Crippen molar-refractivity contribution >= 4 is 72.0 Å². The first kappa shape index (κ1) is 39.7. The molecule has 10 aromatic rings. The van der Waals surface area contributed by atoms with Crippen LogP contribution < -0.4 is 0 Å². The molecule has 0 aliphatic rings. The maximum Gasteiger partial charge on any atom is 0.417 e. The van der Waals surface area contributed by atoms with Crippen molar-refractivity contribution in [2.24, 2.45) is 0 Å². The largest absolute Gasteiger partial charge is 0.417 e. The molecule has 0 aliphatic carbocycles. The van der Waals surface area contributed by atoms with Crippen LogP contribution in [-0.2, 0) is 6.18 Å². The van der Waals surface area contributed by atoms with Gasteiger partial charge in [-0.2, -0.15) is 13.2 Å². The van der Waals surface area contributed by atoms with Gasteiger partial charge in [-0.3, -0.25) is 0 Å². The first-order chi connectivity index (χ1) is 31.6. The lowest BCUT2D eigenvalue weighted by molar-refractivity contribution is -0.137. The van der Waals surface area contributed by atoms with Gasteiger partial charge >= 0.3 is 6.18 Å². The molecule has 2 heterocycles. The van der Waals surface area contributed by atoms with Gasteiger partial charge in [-0.15, -0.1) is 0 Å². The molecule has 7 nitrogen and oxygen atoms in total. The number of halogens is 3. The third kappa shape index (κ3) is 6.24. The summed E-state index contributed by atoms with van der Waals surface area (Å²) in [6.45, 7) is 41.3. The number of rotatable bonds is 5. The van der Waals surface area contributed by atoms with Crippen molar-refractivity contribution in [1.82, 2.24) is 9.13 Å². The molecule has 10 rings (SSSR count). The Labute approximate surface area is 370 Å². The van der Waals surface area contributed by atoms with Crippen LogP contribution in [-0.4, -0.2) is 9.13 Å². The van der Waals surface area contributed by atoms with Crippen molar-refractivity contribution in [3.05, 3.63) is 220 Å². The van der Waals surface area contributed by atoms with Crippen LogP contribution in [0.15, 0.2) is 152 Å². The van der Waals surface area contributed by atoms with Gasteiger partial charge in [0.15, 0.2) is 22.7 Å². The van der Waals surface area contributed by atoms with Crippen molar-refractivity contribution in [1.29, 1.82) is 0 Å². The van der Waals surface area contributed by atoms with Gasteiger partial charge in [0.2, 0.25) is 5.69 Å². The SMILES string of the molecule is [C-]#[N+]c1ccc(-c2ccc3c(c2)c2ccccc2n3-c2ccc(-c3c(C)cccc3C(F)(F)F)c(-n3c4ccccc4c4cc(-c5ccc([N+]#[C-])cc5[N+]#[C-])ccc43)c2[N+]#[C-])c([N+]#[C-])c1. The number of benzene rings is 8. The Balaban J connectivity index is 1.31. The number of alkyl halides is 3. The van der Waals surface area contributed by atoms with Gasteiger partial charge in [-0.05, 0) is 94.4 Å². The van der Waals surface area contributed by atoms with E-state index < -0.39 is 11.7 Å². The van der Waals surface area contributed by atoms with Crippen LogP contribution >= 0.6 is 0 Å². The van der Waals surface area contributed by atoms with Crippen LogP contribution in [0.4, 0.5) is 41.6 Å². The van der Waals surface area contributed by atoms with Crippen molar-refractivity contribution in [2.75, 3.05) is 0 Å². The molecule has 304 valence electrons. The summed E-state index contributed by atoms with van der Waals surface area (Å²) in [6, 6.07) is 44.3. The highest BCUT2D eigenvalue weighted by atomic mass is 19.4. The smallest absolute Gasteiger partial charge is 0.319 e. The molecule has 8 aromatic carbocycles. The molecule has 0 radical (unpaired) electrons. The van der Waals surface area contributed by atoms with E-state index in [0.717, 1.165) is 49.8 Å². The minimum atomic E-state index is -4.72. The predicted octanol–water partition coefficient (Wildman–Crippen LogP) is 17.0. The van der Waals surface area contributed by atoms with Gasteiger partial charge in [0, 0.05) is 21.5 Å².